The zero-order chi connectivity index (χ0) is 16.8. The maximum Gasteiger partial charge on any atom is 0.341 e. The number of allylic oxidation sites excluding steroid dienone is 1. The van der Waals surface area contributed by atoms with E-state index in [2.05, 4.69) is 0 Å². The van der Waals surface area contributed by atoms with Crippen molar-refractivity contribution in [1.29, 1.82) is 0 Å². The van der Waals surface area contributed by atoms with Crippen molar-refractivity contribution in [3.05, 3.63) is 71.3 Å². The molecule has 0 fully saturated rings. The van der Waals surface area contributed by atoms with Gasteiger partial charge in [0.2, 0.25) is 0 Å². The third-order valence-electron chi connectivity index (χ3n) is 2.90. The first-order valence-corrected chi connectivity index (χ1v) is 6.58. The molecule has 0 aromatic heterocycles. The lowest BCUT2D eigenvalue weighted by Crippen LogP contribution is -2.09. The fraction of sp³-hybridized carbons (Fsp3) is 0.0588. The molecule has 6 heteroatoms. The largest absolute Gasteiger partial charge is 0.482 e. The van der Waals surface area contributed by atoms with Gasteiger partial charge in [-0.05, 0) is 48.6 Å². The molecule has 23 heavy (non-hydrogen) atoms. The summed E-state index contributed by atoms with van der Waals surface area (Å²) in [6.07, 6.45) is 2.14. The summed E-state index contributed by atoms with van der Waals surface area (Å²) in [7, 11) is 0. The van der Waals surface area contributed by atoms with Crippen LogP contribution in [0.2, 0.25) is 0 Å². The van der Waals surface area contributed by atoms with Gasteiger partial charge >= 0.3 is 5.97 Å². The number of ketones is 1. The summed E-state index contributed by atoms with van der Waals surface area (Å²) in [6, 6.07) is 9.17. The van der Waals surface area contributed by atoms with Gasteiger partial charge < -0.3 is 9.84 Å². The summed E-state index contributed by atoms with van der Waals surface area (Å²) in [4.78, 5) is 22.3. The van der Waals surface area contributed by atoms with Crippen molar-refractivity contribution in [3.63, 3.8) is 0 Å². The summed E-state index contributed by atoms with van der Waals surface area (Å²) in [6.45, 7) is -0.486. The van der Waals surface area contributed by atoms with Crippen molar-refractivity contribution >= 4 is 17.8 Å². The fourth-order valence-corrected chi connectivity index (χ4v) is 1.79. The number of hydrogen-bond acceptors (Lipinski definition) is 3. The second-order valence-corrected chi connectivity index (χ2v) is 4.54. The standard InChI is InChI=1S/C17H12F2O4/c18-14-2-1-3-15(19)13(14)8-9-16(20)11-4-6-12(7-5-11)23-10-17(21)22/h1-9H,10H2,(H,21,22)/b9-8+. The molecule has 0 radical (unpaired) electrons. The maximum absolute atomic E-state index is 13.4. The number of carboxylic acid groups (broad SMARTS) is 1. The first-order chi connectivity index (χ1) is 11.0. The summed E-state index contributed by atoms with van der Waals surface area (Å²) in [5, 5.41) is 8.49. The Morgan fingerprint density at radius 2 is 1.65 bits per heavy atom. The second-order valence-electron chi connectivity index (χ2n) is 4.54. The third kappa shape index (κ3) is 4.47. The Morgan fingerprint density at radius 3 is 2.22 bits per heavy atom. The van der Waals surface area contributed by atoms with Crippen molar-refractivity contribution in [2.24, 2.45) is 0 Å². The lowest BCUT2D eigenvalue weighted by atomic mass is 10.1. The Balaban J connectivity index is 2.09. The van der Waals surface area contributed by atoms with Gasteiger partial charge in [-0.15, -0.1) is 0 Å². The monoisotopic (exact) mass is 318 g/mol. The van der Waals surface area contributed by atoms with E-state index in [9.17, 15) is 18.4 Å². The number of rotatable bonds is 6. The number of carboxylic acids is 1. The number of ether oxygens (including phenoxy) is 1. The van der Waals surface area contributed by atoms with Crippen molar-refractivity contribution < 1.29 is 28.2 Å². The number of carbonyl (C=O) groups excluding carboxylic acids is 1. The minimum Gasteiger partial charge on any atom is -0.482 e. The van der Waals surface area contributed by atoms with E-state index in [1.54, 1.807) is 0 Å². The predicted octanol–water partition coefficient (Wildman–Crippen LogP) is 3.32. The zero-order valence-corrected chi connectivity index (χ0v) is 11.8. The molecule has 0 spiro atoms. The molecule has 0 heterocycles. The number of hydrogen-bond donors (Lipinski definition) is 1. The van der Waals surface area contributed by atoms with Gasteiger partial charge in [-0.3, -0.25) is 4.79 Å². The molecule has 0 unspecified atom stereocenters. The van der Waals surface area contributed by atoms with Gasteiger partial charge in [0.05, 0.1) is 0 Å². The smallest absolute Gasteiger partial charge is 0.341 e. The Kier molecular flexibility index (Phi) is 5.19. The Bertz CT molecular complexity index is 731. The summed E-state index contributed by atoms with van der Waals surface area (Å²) in [5.41, 5.74) is -0.0112. The molecule has 0 aliphatic carbocycles. The van der Waals surface area contributed by atoms with Crippen LogP contribution in [0.25, 0.3) is 6.08 Å². The van der Waals surface area contributed by atoms with Crippen LogP contribution in [0, 0.1) is 11.6 Å². The SMILES string of the molecule is O=C(O)COc1ccc(C(=O)/C=C/c2c(F)cccc2F)cc1. The number of carbonyl (C=O) groups is 2. The minimum atomic E-state index is -1.11. The van der Waals surface area contributed by atoms with E-state index in [4.69, 9.17) is 9.84 Å². The van der Waals surface area contributed by atoms with Crippen LogP contribution in [0.5, 0.6) is 5.75 Å². The highest BCUT2D eigenvalue weighted by Crippen LogP contribution is 2.16. The highest BCUT2D eigenvalue weighted by atomic mass is 19.1. The van der Waals surface area contributed by atoms with Crippen LogP contribution in [-0.4, -0.2) is 23.5 Å². The van der Waals surface area contributed by atoms with Crippen LogP contribution in [-0.2, 0) is 4.79 Å². The number of halogens is 2. The average molecular weight is 318 g/mol. The molecule has 0 atom stereocenters. The van der Waals surface area contributed by atoms with Crippen LogP contribution < -0.4 is 4.74 Å². The van der Waals surface area contributed by atoms with Gasteiger partial charge in [0.25, 0.3) is 0 Å². The van der Waals surface area contributed by atoms with Gasteiger partial charge in [-0.25, -0.2) is 13.6 Å². The molecule has 0 saturated carbocycles. The van der Waals surface area contributed by atoms with Gasteiger partial charge in [-0.1, -0.05) is 6.07 Å². The molecule has 0 aliphatic rings. The Morgan fingerprint density at radius 1 is 1.04 bits per heavy atom. The van der Waals surface area contributed by atoms with Gasteiger partial charge in [0.1, 0.15) is 17.4 Å². The molecule has 2 aromatic carbocycles. The molecule has 0 aliphatic heterocycles. The summed E-state index contributed by atoms with van der Waals surface area (Å²) in [5.74, 6) is -2.77. The van der Waals surface area contributed by atoms with Crippen molar-refractivity contribution in [1.82, 2.24) is 0 Å². The van der Waals surface area contributed by atoms with Crippen LogP contribution in [0.4, 0.5) is 8.78 Å². The molecule has 0 bridgehead atoms. The maximum atomic E-state index is 13.4. The highest BCUT2D eigenvalue weighted by molar-refractivity contribution is 6.06. The van der Waals surface area contributed by atoms with Crippen molar-refractivity contribution in [2.75, 3.05) is 6.61 Å². The lowest BCUT2D eigenvalue weighted by molar-refractivity contribution is -0.139. The molecule has 2 aromatic rings. The minimum absolute atomic E-state index is 0.278. The summed E-state index contributed by atoms with van der Waals surface area (Å²) >= 11 is 0. The van der Waals surface area contributed by atoms with E-state index in [1.807, 2.05) is 0 Å². The molecular formula is C17H12F2O4. The third-order valence-corrected chi connectivity index (χ3v) is 2.90. The molecule has 0 saturated heterocycles. The van der Waals surface area contributed by atoms with E-state index >= 15 is 0 Å². The van der Waals surface area contributed by atoms with Crippen LogP contribution in [0.1, 0.15) is 15.9 Å². The van der Waals surface area contributed by atoms with Gasteiger partial charge in [0, 0.05) is 11.1 Å². The van der Waals surface area contributed by atoms with Crippen molar-refractivity contribution in [3.8, 4) is 5.75 Å². The second kappa shape index (κ2) is 7.31. The zero-order valence-electron chi connectivity index (χ0n) is 11.8. The number of benzene rings is 2. The van der Waals surface area contributed by atoms with Crippen LogP contribution in [0.15, 0.2) is 48.5 Å². The van der Waals surface area contributed by atoms with Gasteiger partial charge in [-0.2, -0.15) is 0 Å². The van der Waals surface area contributed by atoms with E-state index in [1.165, 1.54) is 30.3 Å². The molecular weight excluding hydrogens is 306 g/mol. The molecule has 4 nitrogen and oxygen atoms in total. The number of aliphatic carboxylic acids is 1. The lowest BCUT2D eigenvalue weighted by Gasteiger charge is -2.03. The fourth-order valence-electron chi connectivity index (χ4n) is 1.79. The highest BCUT2D eigenvalue weighted by Gasteiger charge is 2.07. The first-order valence-electron chi connectivity index (χ1n) is 6.58. The van der Waals surface area contributed by atoms with E-state index in [0.29, 0.717) is 5.75 Å². The molecule has 118 valence electrons. The summed E-state index contributed by atoms with van der Waals surface area (Å²) < 4.78 is 31.8. The molecule has 1 N–H and O–H groups in total. The van der Waals surface area contributed by atoms with Crippen LogP contribution in [0.3, 0.4) is 0 Å². The quantitative estimate of drug-likeness (QED) is 0.655. The van der Waals surface area contributed by atoms with E-state index < -0.39 is 30.0 Å². The Labute approximate surface area is 130 Å². The van der Waals surface area contributed by atoms with E-state index in [-0.39, 0.29) is 11.1 Å². The average Bonchev–Trinajstić information content (AvgIpc) is 2.52. The topological polar surface area (TPSA) is 63.6 Å². The van der Waals surface area contributed by atoms with Crippen LogP contribution >= 0.6 is 0 Å². The first kappa shape index (κ1) is 16.4. The Hall–Kier alpha value is -3.02. The normalized spacial score (nSPS) is 10.7. The van der Waals surface area contributed by atoms with Crippen molar-refractivity contribution in [2.45, 2.75) is 0 Å². The molecule has 0 amide bonds. The van der Waals surface area contributed by atoms with E-state index in [0.717, 1.165) is 24.3 Å². The van der Waals surface area contributed by atoms with Gasteiger partial charge in [0.15, 0.2) is 12.4 Å². The predicted molar refractivity (Wildman–Crippen MR) is 79.3 cm³/mol. The molecule has 2 rings (SSSR count).